The van der Waals surface area contributed by atoms with E-state index >= 15 is 0 Å². The lowest BCUT2D eigenvalue weighted by molar-refractivity contribution is 0.306. The fourth-order valence-corrected chi connectivity index (χ4v) is 3.25. The lowest BCUT2D eigenvalue weighted by atomic mass is 10.1. The third-order valence-electron chi connectivity index (χ3n) is 4.67. The van der Waals surface area contributed by atoms with Crippen molar-refractivity contribution < 1.29 is 4.74 Å². The highest BCUT2D eigenvalue weighted by Crippen LogP contribution is 2.20. The Kier molecular flexibility index (Phi) is 6.78. The first-order chi connectivity index (χ1) is 16.1. The molecule has 0 radical (unpaired) electrons. The molecular weight excluding hydrogens is 438 g/mol. The molecule has 8 heteroatoms. The molecule has 1 aromatic heterocycles. The van der Waals surface area contributed by atoms with Gasteiger partial charge in [-0.1, -0.05) is 72.3 Å². The highest BCUT2D eigenvalue weighted by Gasteiger charge is 2.12. The Morgan fingerprint density at radius 3 is 2.67 bits per heavy atom. The third-order valence-corrected chi connectivity index (χ3v) is 5.04. The van der Waals surface area contributed by atoms with Crippen LogP contribution in [0.3, 0.4) is 0 Å². The number of anilines is 1. The fourth-order valence-electron chi connectivity index (χ4n) is 3.06. The van der Waals surface area contributed by atoms with Crippen LogP contribution in [0.15, 0.2) is 88.8 Å². The topological polar surface area (TPSA) is 103 Å². The van der Waals surface area contributed by atoms with Crippen molar-refractivity contribution in [2.75, 3.05) is 5.43 Å². The summed E-state index contributed by atoms with van der Waals surface area (Å²) in [7, 11) is 0. The van der Waals surface area contributed by atoms with Crippen LogP contribution in [-0.4, -0.2) is 16.2 Å². The number of hydrogen-bond acceptors (Lipinski definition) is 6. The normalized spacial score (nSPS) is 10.7. The van der Waals surface area contributed by atoms with Gasteiger partial charge in [0.15, 0.2) is 0 Å². The molecule has 0 fully saturated rings. The van der Waals surface area contributed by atoms with Crippen LogP contribution >= 0.6 is 11.6 Å². The third kappa shape index (κ3) is 5.45. The molecule has 0 aliphatic rings. The quantitative estimate of drug-likeness (QED) is 0.302. The van der Waals surface area contributed by atoms with E-state index in [1.165, 1.54) is 0 Å². The lowest BCUT2D eigenvalue weighted by Crippen LogP contribution is -2.16. The predicted molar refractivity (Wildman–Crippen MR) is 128 cm³/mol. The summed E-state index contributed by atoms with van der Waals surface area (Å²) >= 11 is 6.17. The molecule has 4 rings (SSSR count). The Labute approximate surface area is 195 Å². The van der Waals surface area contributed by atoms with E-state index in [0.717, 1.165) is 11.1 Å². The summed E-state index contributed by atoms with van der Waals surface area (Å²) in [5.74, 6) is 0.787. The minimum absolute atomic E-state index is 0.0564. The molecule has 162 valence electrons. The van der Waals surface area contributed by atoms with Crippen LogP contribution in [0.2, 0.25) is 5.02 Å². The van der Waals surface area contributed by atoms with Crippen molar-refractivity contribution in [1.82, 2.24) is 9.97 Å². The van der Waals surface area contributed by atoms with Gasteiger partial charge >= 0.3 is 0 Å². The van der Waals surface area contributed by atoms with Crippen molar-refractivity contribution in [2.24, 2.45) is 5.10 Å². The molecule has 0 atom stereocenters. The van der Waals surface area contributed by atoms with Crippen molar-refractivity contribution in [3.8, 4) is 23.1 Å². The van der Waals surface area contributed by atoms with Crippen LogP contribution in [0.5, 0.6) is 5.75 Å². The SMILES string of the molecule is N#Cc1c(-c2ccccc2)nc(NN=Cc2cccc(OCc3ccccc3Cl)c2)[nH]c1=O. The van der Waals surface area contributed by atoms with Gasteiger partial charge in [0, 0.05) is 16.1 Å². The van der Waals surface area contributed by atoms with Gasteiger partial charge in [-0.05, 0) is 23.8 Å². The molecule has 0 aliphatic heterocycles. The van der Waals surface area contributed by atoms with Gasteiger partial charge in [-0.2, -0.15) is 10.4 Å². The van der Waals surface area contributed by atoms with Gasteiger partial charge in [0.1, 0.15) is 24.0 Å². The molecule has 0 unspecified atom stereocenters. The smallest absolute Gasteiger partial charge is 0.270 e. The molecule has 0 amide bonds. The van der Waals surface area contributed by atoms with Gasteiger partial charge in [-0.3, -0.25) is 9.78 Å². The number of ether oxygens (including phenoxy) is 1. The summed E-state index contributed by atoms with van der Waals surface area (Å²) in [5.41, 5.74) is 4.74. The highest BCUT2D eigenvalue weighted by atomic mass is 35.5. The van der Waals surface area contributed by atoms with Crippen molar-refractivity contribution in [1.29, 1.82) is 5.26 Å². The minimum Gasteiger partial charge on any atom is -0.489 e. The first kappa shape index (κ1) is 21.8. The van der Waals surface area contributed by atoms with Gasteiger partial charge in [-0.25, -0.2) is 10.4 Å². The predicted octanol–water partition coefficient (Wildman–Crippen LogP) is 4.99. The summed E-state index contributed by atoms with van der Waals surface area (Å²) in [4.78, 5) is 19.2. The summed E-state index contributed by atoms with van der Waals surface area (Å²) in [6, 6.07) is 25.8. The zero-order valence-electron chi connectivity index (χ0n) is 17.3. The average molecular weight is 456 g/mol. The number of aromatic nitrogens is 2. The molecule has 0 aliphatic carbocycles. The number of halogens is 1. The minimum atomic E-state index is -0.543. The van der Waals surface area contributed by atoms with Gasteiger partial charge in [0.25, 0.3) is 5.56 Å². The van der Waals surface area contributed by atoms with Gasteiger partial charge < -0.3 is 4.74 Å². The maximum atomic E-state index is 12.3. The highest BCUT2D eigenvalue weighted by molar-refractivity contribution is 6.31. The molecule has 0 spiro atoms. The summed E-state index contributed by atoms with van der Waals surface area (Å²) in [6.07, 6.45) is 1.57. The Hall–Kier alpha value is -4.41. The van der Waals surface area contributed by atoms with Crippen LogP contribution in [0.25, 0.3) is 11.3 Å². The Balaban J connectivity index is 1.48. The Bertz CT molecular complexity index is 1390. The van der Waals surface area contributed by atoms with Gasteiger partial charge in [-0.15, -0.1) is 0 Å². The number of hydrazone groups is 1. The van der Waals surface area contributed by atoms with E-state index in [-0.39, 0.29) is 17.2 Å². The van der Waals surface area contributed by atoms with Gasteiger partial charge in [0.05, 0.1) is 11.9 Å². The van der Waals surface area contributed by atoms with E-state index in [1.807, 2.05) is 72.8 Å². The largest absolute Gasteiger partial charge is 0.489 e. The second kappa shape index (κ2) is 10.3. The number of aromatic amines is 1. The van der Waals surface area contributed by atoms with Crippen molar-refractivity contribution >= 4 is 23.8 Å². The molecule has 2 N–H and O–H groups in total. The molecule has 0 saturated heterocycles. The number of benzene rings is 3. The van der Waals surface area contributed by atoms with E-state index in [0.29, 0.717) is 22.9 Å². The van der Waals surface area contributed by atoms with E-state index in [2.05, 4.69) is 20.5 Å². The number of nitrogens with one attached hydrogen (secondary N) is 2. The Morgan fingerprint density at radius 1 is 1.09 bits per heavy atom. The fraction of sp³-hybridized carbons (Fsp3) is 0.0400. The van der Waals surface area contributed by atoms with Crippen LogP contribution in [0.1, 0.15) is 16.7 Å². The van der Waals surface area contributed by atoms with Crippen LogP contribution < -0.4 is 15.7 Å². The van der Waals surface area contributed by atoms with Crippen molar-refractivity contribution in [2.45, 2.75) is 6.61 Å². The number of nitrogens with zero attached hydrogens (tertiary/aromatic N) is 3. The zero-order valence-corrected chi connectivity index (χ0v) is 18.1. The first-order valence-corrected chi connectivity index (χ1v) is 10.4. The molecule has 1 heterocycles. The molecule has 4 aromatic rings. The van der Waals surface area contributed by atoms with Crippen LogP contribution in [0, 0.1) is 11.3 Å². The van der Waals surface area contributed by atoms with Crippen LogP contribution in [-0.2, 0) is 6.61 Å². The number of H-pyrrole nitrogens is 1. The number of nitriles is 1. The second-order valence-corrected chi connectivity index (χ2v) is 7.35. The maximum absolute atomic E-state index is 12.3. The zero-order chi connectivity index (χ0) is 23.0. The van der Waals surface area contributed by atoms with E-state index in [4.69, 9.17) is 16.3 Å². The van der Waals surface area contributed by atoms with Gasteiger partial charge in [0.2, 0.25) is 5.95 Å². The Morgan fingerprint density at radius 2 is 1.88 bits per heavy atom. The summed E-state index contributed by atoms with van der Waals surface area (Å²) < 4.78 is 5.83. The van der Waals surface area contributed by atoms with E-state index in [1.54, 1.807) is 18.3 Å². The van der Waals surface area contributed by atoms with Crippen molar-refractivity contribution in [3.05, 3.63) is 111 Å². The van der Waals surface area contributed by atoms with Crippen LogP contribution in [0.4, 0.5) is 5.95 Å². The summed E-state index contributed by atoms with van der Waals surface area (Å²) in [5, 5.41) is 14.2. The van der Waals surface area contributed by atoms with Crippen molar-refractivity contribution in [3.63, 3.8) is 0 Å². The maximum Gasteiger partial charge on any atom is 0.270 e. The molecule has 7 nitrogen and oxygen atoms in total. The lowest BCUT2D eigenvalue weighted by Gasteiger charge is -2.08. The standard InChI is InChI=1S/C25H18ClN5O2/c26-22-12-5-4-10-19(22)16-33-20-11-6-7-17(13-20)15-28-31-25-29-23(18-8-2-1-3-9-18)21(14-27)24(32)30-25/h1-13,15H,16H2,(H2,29,30,31,32). The first-order valence-electron chi connectivity index (χ1n) is 9.99. The van der Waals surface area contributed by atoms with E-state index in [9.17, 15) is 10.1 Å². The molecule has 0 bridgehead atoms. The number of rotatable bonds is 7. The monoisotopic (exact) mass is 455 g/mol. The number of hydrogen-bond donors (Lipinski definition) is 2. The molecular formula is C25H18ClN5O2. The molecule has 33 heavy (non-hydrogen) atoms. The second-order valence-electron chi connectivity index (χ2n) is 6.94. The van der Waals surface area contributed by atoms with E-state index < -0.39 is 5.56 Å². The molecule has 0 saturated carbocycles. The average Bonchev–Trinajstić information content (AvgIpc) is 2.84. The summed E-state index contributed by atoms with van der Waals surface area (Å²) in [6.45, 7) is 0.344. The molecule has 3 aromatic carbocycles.